The minimum atomic E-state index is -1.35. The first-order valence-corrected chi connectivity index (χ1v) is 15.3. The molecule has 0 aromatic carbocycles. The monoisotopic (exact) mass is 642 g/mol. The fraction of sp³-hybridized carbons (Fsp3) is 0.333. The normalized spacial score (nSPS) is 21.7. The number of amides is 3. The lowest BCUT2D eigenvalue weighted by atomic mass is 10.0. The Hall–Kier alpha value is -4.61. The summed E-state index contributed by atoms with van der Waals surface area (Å²) in [7, 11) is 0. The van der Waals surface area contributed by atoms with Crippen LogP contribution in [0.5, 0.6) is 0 Å². The standard InChI is InChI=1S/C27H27N7O8S2/c1-14(36)42-31-19(17-13-44-27(28)29-17)22(37)30-20-24(39)34-21(26(40)41)16(12-43-25(20)34)11-15-5-9-33(23(15)38)18(6-10-35)32-7-3-2-4-8-32/h2-4,7-8,11,13,18,20,25,35H,5-6,9-10,12H2,1H3,(H3-,28,29,30,37,40,41)/p+1/b15-11+,31-19-/t18?,20-,25-/m1/s1. The quantitative estimate of drug-likeness (QED) is 0.0664. The van der Waals surface area contributed by atoms with Crippen molar-refractivity contribution in [3.8, 4) is 0 Å². The molecule has 3 aliphatic heterocycles. The maximum atomic E-state index is 13.4. The molecule has 0 saturated carbocycles. The SMILES string of the molecule is CC(=O)O/N=C(\C(=O)N[C@@H]1C(=O)N2C(C(=O)O)=C(/C=C3\CCN(C(CCO)[n+]4ccccc4)C3=O)CS[C@H]12)c1csc(N)n1. The third kappa shape index (κ3) is 6.06. The van der Waals surface area contributed by atoms with Gasteiger partial charge >= 0.3 is 11.9 Å². The highest BCUT2D eigenvalue weighted by Crippen LogP contribution is 2.41. The number of aliphatic hydroxyl groups excluding tert-OH is 1. The van der Waals surface area contributed by atoms with Crippen molar-refractivity contribution in [2.45, 2.75) is 37.3 Å². The van der Waals surface area contributed by atoms with Crippen LogP contribution in [0.4, 0.5) is 5.13 Å². The number of β-lactam (4-membered cyclic amide) rings is 1. The molecule has 3 aliphatic rings. The third-order valence-corrected chi connectivity index (χ3v) is 9.04. The molecule has 1 unspecified atom stereocenters. The molecule has 5 rings (SSSR count). The molecular weight excluding hydrogens is 614 g/mol. The Bertz CT molecular complexity index is 1610. The van der Waals surface area contributed by atoms with E-state index in [1.807, 2.05) is 22.8 Å². The maximum absolute atomic E-state index is 13.4. The third-order valence-electron chi connectivity index (χ3n) is 7.07. The molecule has 3 amide bonds. The smallest absolute Gasteiger partial charge is 0.352 e. The first-order chi connectivity index (χ1) is 21.1. The fourth-order valence-electron chi connectivity index (χ4n) is 5.13. The number of anilines is 1. The number of pyridine rings is 1. The van der Waals surface area contributed by atoms with Crippen molar-refractivity contribution in [2.24, 2.45) is 5.16 Å². The summed E-state index contributed by atoms with van der Waals surface area (Å²) in [6.07, 6.45) is 5.38. The van der Waals surface area contributed by atoms with Crippen LogP contribution in [0.15, 0.2) is 64.0 Å². The second kappa shape index (κ2) is 12.9. The molecule has 3 atom stereocenters. The Morgan fingerprint density at radius 3 is 2.68 bits per heavy atom. The number of carbonyl (C=O) groups is 5. The van der Waals surface area contributed by atoms with E-state index in [1.165, 1.54) is 23.2 Å². The van der Waals surface area contributed by atoms with Crippen LogP contribution in [0.1, 0.15) is 31.6 Å². The summed E-state index contributed by atoms with van der Waals surface area (Å²) >= 11 is 2.26. The molecule has 0 bridgehead atoms. The van der Waals surface area contributed by atoms with Gasteiger partial charge in [0.15, 0.2) is 23.2 Å². The Balaban J connectivity index is 1.35. The van der Waals surface area contributed by atoms with E-state index < -0.39 is 41.3 Å². The second-order valence-electron chi connectivity index (χ2n) is 9.87. The number of hydrogen-bond acceptors (Lipinski definition) is 12. The molecule has 2 fully saturated rings. The van der Waals surface area contributed by atoms with Crippen LogP contribution in [0.2, 0.25) is 0 Å². The Morgan fingerprint density at radius 2 is 2.05 bits per heavy atom. The van der Waals surface area contributed by atoms with E-state index in [0.717, 1.165) is 23.2 Å². The van der Waals surface area contributed by atoms with Crippen molar-refractivity contribution >= 4 is 63.6 Å². The van der Waals surface area contributed by atoms with Gasteiger partial charge in [-0.2, -0.15) is 4.57 Å². The van der Waals surface area contributed by atoms with Crippen LogP contribution in [0.3, 0.4) is 0 Å². The number of likely N-dealkylation sites (tertiary alicyclic amines) is 1. The number of carboxylic acid groups (broad SMARTS) is 1. The van der Waals surface area contributed by atoms with E-state index in [4.69, 9.17) is 5.73 Å². The van der Waals surface area contributed by atoms with Crippen LogP contribution in [-0.2, 0) is 28.8 Å². The number of fused-ring (bicyclic) bond motifs is 1. The molecule has 5 N–H and O–H groups in total. The zero-order chi connectivity index (χ0) is 31.5. The predicted molar refractivity (Wildman–Crippen MR) is 156 cm³/mol. The summed E-state index contributed by atoms with van der Waals surface area (Å²) in [5, 5.41) is 26.6. The summed E-state index contributed by atoms with van der Waals surface area (Å²) in [5.74, 6) is -3.80. The number of hydrogen-bond donors (Lipinski definition) is 4. The van der Waals surface area contributed by atoms with Crippen LogP contribution in [0.25, 0.3) is 0 Å². The van der Waals surface area contributed by atoms with Crippen molar-refractivity contribution in [1.82, 2.24) is 20.1 Å². The first-order valence-electron chi connectivity index (χ1n) is 13.4. The van der Waals surface area contributed by atoms with Crippen molar-refractivity contribution < 1.29 is 43.6 Å². The fourth-order valence-corrected chi connectivity index (χ4v) is 6.98. The summed E-state index contributed by atoms with van der Waals surface area (Å²) in [5.41, 5.74) is 5.73. The van der Waals surface area contributed by atoms with Crippen LogP contribution >= 0.6 is 23.1 Å². The number of carboxylic acids is 1. The number of carbonyl (C=O) groups excluding carboxylic acids is 4. The van der Waals surface area contributed by atoms with Gasteiger partial charge in [0.25, 0.3) is 17.7 Å². The molecular formula is C27H28N7O8S2+. The van der Waals surface area contributed by atoms with Crippen molar-refractivity contribution in [3.63, 3.8) is 0 Å². The van der Waals surface area contributed by atoms with Gasteiger partial charge in [0, 0.05) is 42.3 Å². The van der Waals surface area contributed by atoms with Crippen molar-refractivity contribution in [1.29, 1.82) is 0 Å². The number of nitrogens with two attached hydrogens (primary N) is 1. The summed E-state index contributed by atoms with van der Waals surface area (Å²) in [6.45, 7) is 1.34. The average molecular weight is 643 g/mol. The zero-order valence-electron chi connectivity index (χ0n) is 23.3. The van der Waals surface area contributed by atoms with E-state index in [-0.39, 0.29) is 40.5 Å². The first kappa shape index (κ1) is 30.8. The van der Waals surface area contributed by atoms with Gasteiger partial charge in [-0.3, -0.25) is 24.2 Å². The average Bonchev–Trinajstić information content (AvgIpc) is 3.59. The molecule has 0 spiro atoms. The van der Waals surface area contributed by atoms with Gasteiger partial charge in [0.1, 0.15) is 22.8 Å². The minimum absolute atomic E-state index is 0.0355. The molecule has 44 heavy (non-hydrogen) atoms. The zero-order valence-corrected chi connectivity index (χ0v) is 24.9. The number of aromatic nitrogens is 2. The number of thiazole rings is 1. The van der Waals surface area contributed by atoms with Crippen LogP contribution in [-0.4, -0.2) is 90.7 Å². The Morgan fingerprint density at radius 1 is 1.30 bits per heavy atom. The van der Waals surface area contributed by atoms with E-state index >= 15 is 0 Å². The lowest BCUT2D eigenvalue weighted by Gasteiger charge is -2.49. The number of nitrogens with zero attached hydrogens (tertiary/aromatic N) is 5. The predicted octanol–water partition coefficient (Wildman–Crippen LogP) is -0.241. The summed E-state index contributed by atoms with van der Waals surface area (Å²) in [6, 6.07) is 4.39. The van der Waals surface area contributed by atoms with Gasteiger partial charge in [-0.25, -0.2) is 14.6 Å². The molecule has 17 heteroatoms. The van der Waals surface area contributed by atoms with E-state index in [9.17, 15) is 34.2 Å². The maximum Gasteiger partial charge on any atom is 0.352 e. The largest absolute Gasteiger partial charge is 0.477 e. The lowest BCUT2D eigenvalue weighted by molar-refractivity contribution is -0.741. The van der Waals surface area contributed by atoms with Gasteiger partial charge in [-0.15, -0.1) is 23.1 Å². The Kier molecular flexibility index (Phi) is 9.07. The molecule has 2 aromatic rings. The van der Waals surface area contributed by atoms with Gasteiger partial charge in [0.05, 0.1) is 13.0 Å². The number of aliphatic hydroxyl groups is 1. The van der Waals surface area contributed by atoms with Crippen molar-refractivity contribution in [2.75, 3.05) is 24.6 Å². The van der Waals surface area contributed by atoms with E-state index in [2.05, 4.69) is 20.3 Å². The van der Waals surface area contributed by atoms with E-state index in [1.54, 1.807) is 17.3 Å². The molecule has 2 aromatic heterocycles. The minimum Gasteiger partial charge on any atom is -0.477 e. The van der Waals surface area contributed by atoms with Gasteiger partial charge in [-0.05, 0) is 18.1 Å². The topological polar surface area (TPSA) is 209 Å². The number of nitrogens with one attached hydrogen (secondary N) is 1. The highest BCUT2D eigenvalue weighted by molar-refractivity contribution is 8.00. The number of rotatable bonds is 10. The highest BCUT2D eigenvalue weighted by Gasteiger charge is 2.54. The molecule has 0 aliphatic carbocycles. The summed E-state index contributed by atoms with van der Waals surface area (Å²) < 4.78 is 1.83. The van der Waals surface area contributed by atoms with Gasteiger partial charge < -0.3 is 26.1 Å². The van der Waals surface area contributed by atoms with Gasteiger partial charge in [-0.1, -0.05) is 11.2 Å². The Labute approximate surface area is 258 Å². The highest BCUT2D eigenvalue weighted by atomic mass is 32.2. The van der Waals surface area contributed by atoms with E-state index in [0.29, 0.717) is 30.5 Å². The molecule has 0 radical (unpaired) electrons. The number of oxime groups is 1. The number of thioether (sulfide) groups is 1. The summed E-state index contributed by atoms with van der Waals surface area (Å²) in [4.78, 5) is 74.7. The van der Waals surface area contributed by atoms with Crippen molar-refractivity contribution in [3.05, 3.63) is 64.6 Å². The van der Waals surface area contributed by atoms with Crippen LogP contribution in [0, 0.1) is 0 Å². The lowest BCUT2D eigenvalue weighted by Crippen LogP contribution is -2.71. The number of aliphatic carboxylic acids is 1. The molecule has 230 valence electrons. The number of nitrogen functional groups attached to an aromatic ring is 1. The van der Waals surface area contributed by atoms with Crippen LogP contribution < -0.4 is 15.6 Å². The van der Waals surface area contributed by atoms with Gasteiger partial charge in [0.2, 0.25) is 6.17 Å². The number of allylic oxidation sites excluding steroid dienone is 1. The second-order valence-corrected chi connectivity index (χ2v) is 11.9. The molecule has 15 nitrogen and oxygen atoms in total. The molecule has 5 heterocycles. The molecule has 2 saturated heterocycles.